The average Bonchev–Trinajstić information content (AvgIpc) is 2.53. The summed E-state index contributed by atoms with van der Waals surface area (Å²) < 4.78 is 16.5. The molecule has 1 aromatic carbocycles. The Morgan fingerprint density at radius 2 is 2.10 bits per heavy atom. The van der Waals surface area contributed by atoms with Gasteiger partial charge in [0, 0.05) is 11.8 Å². The van der Waals surface area contributed by atoms with E-state index in [1.807, 2.05) is 24.3 Å². The van der Waals surface area contributed by atoms with Crippen molar-refractivity contribution in [1.29, 1.82) is 0 Å². The van der Waals surface area contributed by atoms with E-state index in [0.29, 0.717) is 24.7 Å². The van der Waals surface area contributed by atoms with E-state index < -0.39 is 0 Å². The van der Waals surface area contributed by atoms with Crippen LogP contribution < -0.4 is 19.9 Å². The molecular formula is C15H16N2O3. The van der Waals surface area contributed by atoms with Gasteiger partial charge in [0.05, 0.1) is 19.3 Å². The van der Waals surface area contributed by atoms with Crippen LogP contribution in [0.4, 0.5) is 0 Å². The summed E-state index contributed by atoms with van der Waals surface area (Å²) >= 11 is 0. The van der Waals surface area contributed by atoms with Gasteiger partial charge in [-0.05, 0) is 17.7 Å². The van der Waals surface area contributed by atoms with E-state index in [9.17, 15) is 0 Å². The van der Waals surface area contributed by atoms with Crippen LogP contribution in [-0.2, 0) is 0 Å². The highest BCUT2D eigenvalue weighted by Crippen LogP contribution is 2.38. The molecular weight excluding hydrogens is 256 g/mol. The summed E-state index contributed by atoms with van der Waals surface area (Å²) in [6.45, 7) is 1.10. The Kier molecular flexibility index (Phi) is 3.43. The average molecular weight is 272 g/mol. The standard InChI is InChI=1S/C15H16N2O3/c1-18-11-7-10(8-17-9-11)14(16)12-3-2-4-13-15(12)20-6-5-19-13/h2-4,7-9,14H,5-6,16H2,1H3. The number of benzene rings is 1. The summed E-state index contributed by atoms with van der Waals surface area (Å²) in [5.41, 5.74) is 8.09. The third-order valence-corrected chi connectivity index (χ3v) is 3.26. The molecule has 0 radical (unpaired) electrons. The van der Waals surface area contributed by atoms with Gasteiger partial charge in [0.2, 0.25) is 0 Å². The minimum atomic E-state index is -0.339. The highest BCUT2D eigenvalue weighted by Gasteiger charge is 2.21. The van der Waals surface area contributed by atoms with Crippen LogP contribution in [-0.4, -0.2) is 25.3 Å². The maximum absolute atomic E-state index is 6.33. The zero-order valence-electron chi connectivity index (χ0n) is 11.2. The molecule has 0 fully saturated rings. The summed E-state index contributed by atoms with van der Waals surface area (Å²) in [6.07, 6.45) is 3.38. The van der Waals surface area contributed by atoms with E-state index >= 15 is 0 Å². The molecule has 1 atom stereocenters. The number of fused-ring (bicyclic) bond motifs is 1. The minimum Gasteiger partial charge on any atom is -0.495 e. The zero-order valence-corrected chi connectivity index (χ0v) is 11.2. The molecule has 5 nitrogen and oxygen atoms in total. The first kappa shape index (κ1) is 12.7. The van der Waals surface area contributed by atoms with Crippen LogP contribution in [0.5, 0.6) is 17.2 Å². The van der Waals surface area contributed by atoms with Gasteiger partial charge in [0.15, 0.2) is 11.5 Å². The minimum absolute atomic E-state index is 0.339. The van der Waals surface area contributed by atoms with Crippen molar-refractivity contribution in [2.45, 2.75) is 6.04 Å². The van der Waals surface area contributed by atoms with Gasteiger partial charge in [-0.2, -0.15) is 0 Å². The third-order valence-electron chi connectivity index (χ3n) is 3.26. The highest BCUT2D eigenvalue weighted by molar-refractivity contribution is 5.51. The molecule has 1 unspecified atom stereocenters. The molecule has 104 valence electrons. The molecule has 1 aromatic heterocycles. The molecule has 3 rings (SSSR count). The Labute approximate surface area is 117 Å². The second kappa shape index (κ2) is 5.38. The molecule has 0 aliphatic carbocycles. The normalized spacial score (nSPS) is 14.7. The van der Waals surface area contributed by atoms with E-state index in [1.165, 1.54) is 0 Å². The first-order chi connectivity index (χ1) is 9.79. The number of pyridine rings is 1. The highest BCUT2D eigenvalue weighted by atomic mass is 16.6. The van der Waals surface area contributed by atoms with Crippen molar-refractivity contribution in [1.82, 2.24) is 4.98 Å². The number of aromatic nitrogens is 1. The summed E-state index contributed by atoms with van der Waals surface area (Å²) in [5, 5.41) is 0. The van der Waals surface area contributed by atoms with Crippen molar-refractivity contribution < 1.29 is 14.2 Å². The number of hydrogen-bond acceptors (Lipinski definition) is 5. The van der Waals surface area contributed by atoms with Gasteiger partial charge in [-0.15, -0.1) is 0 Å². The third kappa shape index (κ3) is 2.28. The Balaban J connectivity index is 1.99. The van der Waals surface area contributed by atoms with E-state index in [0.717, 1.165) is 16.9 Å². The monoisotopic (exact) mass is 272 g/mol. The predicted octanol–water partition coefficient (Wildman–Crippen LogP) is 1.91. The summed E-state index contributed by atoms with van der Waals surface area (Å²) in [6, 6.07) is 7.28. The molecule has 2 N–H and O–H groups in total. The van der Waals surface area contributed by atoms with Crippen molar-refractivity contribution in [3.05, 3.63) is 47.8 Å². The molecule has 1 aliphatic rings. The van der Waals surface area contributed by atoms with Crippen LogP contribution in [0.3, 0.4) is 0 Å². The molecule has 0 amide bonds. The van der Waals surface area contributed by atoms with Crippen molar-refractivity contribution in [3.63, 3.8) is 0 Å². The van der Waals surface area contributed by atoms with Crippen molar-refractivity contribution in [2.24, 2.45) is 5.73 Å². The van der Waals surface area contributed by atoms with E-state index in [4.69, 9.17) is 19.9 Å². The van der Waals surface area contributed by atoms with Crippen LogP contribution >= 0.6 is 0 Å². The molecule has 20 heavy (non-hydrogen) atoms. The number of nitrogens with two attached hydrogens (primary N) is 1. The quantitative estimate of drug-likeness (QED) is 0.924. The molecule has 0 saturated carbocycles. The van der Waals surface area contributed by atoms with Crippen LogP contribution in [0, 0.1) is 0 Å². The van der Waals surface area contributed by atoms with Gasteiger partial charge >= 0.3 is 0 Å². The van der Waals surface area contributed by atoms with Crippen molar-refractivity contribution in [3.8, 4) is 17.2 Å². The molecule has 0 spiro atoms. The molecule has 0 saturated heterocycles. The van der Waals surface area contributed by atoms with E-state index in [-0.39, 0.29) is 6.04 Å². The van der Waals surface area contributed by atoms with Crippen LogP contribution in [0.2, 0.25) is 0 Å². The first-order valence-electron chi connectivity index (χ1n) is 6.42. The van der Waals surface area contributed by atoms with Gasteiger partial charge in [0.1, 0.15) is 19.0 Å². The van der Waals surface area contributed by atoms with E-state index in [2.05, 4.69) is 4.98 Å². The topological polar surface area (TPSA) is 66.6 Å². The van der Waals surface area contributed by atoms with Gasteiger partial charge < -0.3 is 19.9 Å². The van der Waals surface area contributed by atoms with Crippen LogP contribution in [0.15, 0.2) is 36.7 Å². The van der Waals surface area contributed by atoms with Gasteiger partial charge in [-0.3, -0.25) is 4.98 Å². The van der Waals surface area contributed by atoms with Crippen molar-refractivity contribution in [2.75, 3.05) is 20.3 Å². The second-order valence-electron chi connectivity index (χ2n) is 4.51. The molecule has 5 heteroatoms. The summed E-state index contributed by atoms with van der Waals surface area (Å²) in [4.78, 5) is 4.14. The first-order valence-corrected chi connectivity index (χ1v) is 6.42. The maximum atomic E-state index is 6.33. The van der Waals surface area contributed by atoms with Crippen LogP contribution in [0.25, 0.3) is 0 Å². The largest absolute Gasteiger partial charge is 0.495 e. The fourth-order valence-corrected chi connectivity index (χ4v) is 2.24. The lowest BCUT2D eigenvalue weighted by molar-refractivity contribution is 0.169. The fourth-order valence-electron chi connectivity index (χ4n) is 2.24. The number of methoxy groups -OCH3 is 1. The lowest BCUT2D eigenvalue weighted by atomic mass is 9.99. The summed E-state index contributed by atoms with van der Waals surface area (Å²) in [7, 11) is 1.60. The van der Waals surface area contributed by atoms with Gasteiger partial charge in [0.25, 0.3) is 0 Å². The second-order valence-corrected chi connectivity index (χ2v) is 4.51. The Hall–Kier alpha value is -2.27. The number of hydrogen-bond donors (Lipinski definition) is 1. The molecule has 0 bridgehead atoms. The fraction of sp³-hybridized carbons (Fsp3) is 0.267. The lowest BCUT2D eigenvalue weighted by Crippen LogP contribution is -2.20. The number of rotatable bonds is 3. The molecule has 2 aromatic rings. The zero-order chi connectivity index (χ0) is 13.9. The summed E-state index contributed by atoms with van der Waals surface area (Å²) in [5.74, 6) is 2.13. The van der Waals surface area contributed by atoms with Gasteiger partial charge in [-0.25, -0.2) is 0 Å². The number of ether oxygens (including phenoxy) is 3. The Bertz CT molecular complexity index is 616. The number of para-hydroxylation sites is 1. The number of nitrogens with zero attached hydrogens (tertiary/aromatic N) is 1. The Morgan fingerprint density at radius 3 is 2.95 bits per heavy atom. The van der Waals surface area contributed by atoms with Crippen LogP contribution in [0.1, 0.15) is 17.2 Å². The Morgan fingerprint density at radius 1 is 1.25 bits per heavy atom. The molecule has 2 heterocycles. The molecule has 1 aliphatic heterocycles. The van der Waals surface area contributed by atoms with Crippen molar-refractivity contribution >= 4 is 0 Å². The lowest BCUT2D eigenvalue weighted by Gasteiger charge is -2.23. The maximum Gasteiger partial charge on any atom is 0.166 e. The van der Waals surface area contributed by atoms with Gasteiger partial charge in [-0.1, -0.05) is 12.1 Å². The SMILES string of the molecule is COc1cncc(C(N)c2cccc3c2OCCO3)c1. The smallest absolute Gasteiger partial charge is 0.166 e. The predicted molar refractivity (Wildman–Crippen MR) is 74.3 cm³/mol. The van der Waals surface area contributed by atoms with E-state index in [1.54, 1.807) is 19.5 Å².